The van der Waals surface area contributed by atoms with Crippen LogP contribution in [0.4, 0.5) is 11.5 Å². The Kier molecular flexibility index (Phi) is 1.77. The van der Waals surface area contributed by atoms with Crippen molar-refractivity contribution in [2.45, 2.75) is 19.9 Å². The largest absolute Gasteiger partial charge is 0.357 e. The van der Waals surface area contributed by atoms with Gasteiger partial charge in [0, 0.05) is 0 Å². The van der Waals surface area contributed by atoms with E-state index in [2.05, 4.69) is 20.6 Å². The average molecular weight is 194 g/mol. The first-order chi connectivity index (χ1) is 6.58. The Balaban J connectivity index is 2.57. The van der Waals surface area contributed by atoms with Gasteiger partial charge in [-0.05, 0) is 13.8 Å². The van der Waals surface area contributed by atoms with E-state index in [0.717, 1.165) is 0 Å². The molecule has 1 amide bonds. The first-order valence-electron chi connectivity index (χ1n) is 4.26. The third-order valence-electron chi connectivity index (χ3n) is 2.03. The molecule has 0 fully saturated rings. The molecule has 2 rings (SSSR count). The molecule has 0 aromatic carbocycles. The van der Waals surface area contributed by atoms with Gasteiger partial charge in [-0.15, -0.1) is 0 Å². The predicted molar refractivity (Wildman–Crippen MR) is 51.3 cm³/mol. The highest BCUT2D eigenvalue weighted by Crippen LogP contribution is 2.19. The van der Waals surface area contributed by atoms with Gasteiger partial charge in [-0.25, -0.2) is 4.98 Å². The number of hydrogen-bond donors (Lipinski definition) is 3. The minimum atomic E-state index is -0.365. The fourth-order valence-corrected chi connectivity index (χ4v) is 1.31. The lowest BCUT2D eigenvalue weighted by molar-refractivity contribution is -0.116. The van der Waals surface area contributed by atoms with Crippen molar-refractivity contribution in [1.82, 2.24) is 9.97 Å². The normalized spacial score (nSPS) is 19.6. The molecule has 0 radical (unpaired) electrons. The second kappa shape index (κ2) is 2.83. The Labute approximate surface area is 79.7 Å². The van der Waals surface area contributed by atoms with Crippen molar-refractivity contribution < 1.29 is 4.79 Å². The van der Waals surface area contributed by atoms with Crippen molar-refractivity contribution in [2.24, 2.45) is 0 Å². The topological polar surface area (TPSA) is 86.9 Å². The minimum Gasteiger partial charge on any atom is -0.357 e. The lowest BCUT2D eigenvalue weighted by Gasteiger charge is -2.22. The zero-order valence-corrected chi connectivity index (χ0v) is 7.84. The van der Waals surface area contributed by atoms with Crippen LogP contribution in [0.1, 0.15) is 12.7 Å². The number of anilines is 2. The fourth-order valence-electron chi connectivity index (χ4n) is 1.31. The SMILES string of the molecule is Cc1nc2c(c(=O)[nH]1)NC(=O)C(C)N2. The molecule has 6 heteroatoms. The first kappa shape index (κ1) is 8.74. The highest BCUT2D eigenvalue weighted by Gasteiger charge is 2.24. The molecule has 0 spiro atoms. The number of hydrogen-bond acceptors (Lipinski definition) is 4. The summed E-state index contributed by atoms with van der Waals surface area (Å²) in [6.45, 7) is 3.39. The minimum absolute atomic E-state index is 0.193. The number of nitrogens with zero attached hydrogens (tertiary/aromatic N) is 1. The molecule has 1 aromatic rings. The number of carbonyl (C=O) groups is 1. The highest BCUT2D eigenvalue weighted by molar-refractivity contribution is 6.01. The first-order valence-corrected chi connectivity index (χ1v) is 4.26. The fraction of sp³-hybridized carbons (Fsp3) is 0.375. The van der Waals surface area contributed by atoms with Crippen LogP contribution in [-0.2, 0) is 4.79 Å². The third-order valence-corrected chi connectivity index (χ3v) is 2.03. The van der Waals surface area contributed by atoms with Crippen LogP contribution >= 0.6 is 0 Å². The van der Waals surface area contributed by atoms with Crippen LogP contribution < -0.4 is 16.2 Å². The van der Waals surface area contributed by atoms with Crippen LogP contribution in [0.15, 0.2) is 4.79 Å². The van der Waals surface area contributed by atoms with Gasteiger partial charge >= 0.3 is 0 Å². The van der Waals surface area contributed by atoms with E-state index in [0.29, 0.717) is 11.6 Å². The van der Waals surface area contributed by atoms with Gasteiger partial charge in [-0.3, -0.25) is 9.59 Å². The Morgan fingerprint density at radius 3 is 2.79 bits per heavy atom. The van der Waals surface area contributed by atoms with Gasteiger partial charge < -0.3 is 15.6 Å². The van der Waals surface area contributed by atoms with Crippen molar-refractivity contribution in [1.29, 1.82) is 0 Å². The van der Waals surface area contributed by atoms with Crippen molar-refractivity contribution in [3.63, 3.8) is 0 Å². The smallest absolute Gasteiger partial charge is 0.276 e. The number of aryl methyl sites for hydroxylation is 1. The van der Waals surface area contributed by atoms with Crippen molar-refractivity contribution in [3.05, 3.63) is 16.2 Å². The molecule has 2 heterocycles. The molecule has 1 aromatic heterocycles. The zero-order valence-electron chi connectivity index (χ0n) is 7.84. The van der Waals surface area contributed by atoms with Crippen LogP contribution in [0.2, 0.25) is 0 Å². The molecule has 14 heavy (non-hydrogen) atoms. The van der Waals surface area contributed by atoms with Crippen LogP contribution in [0.5, 0.6) is 0 Å². The molecule has 0 bridgehead atoms. The maximum absolute atomic E-state index is 11.4. The average Bonchev–Trinajstić information content (AvgIpc) is 2.08. The molecular formula is C8H10N4O2. The molecule has 0 aliphatic carbocycles. The van der Waals surface area contributed by atoms with E-state index in [9.17, 15) is 9.59 Å². The summed E-state index contributed by atoms with van der Waals surface area (Å²) in [4.78, 5) is 29.2. The second-order valence-corrected chi connectivity index (χ2v) is 3.23. The van der Waals surface area contributed by atoms with Gasteiger partial charge in [0.2, 0.25) is 5.91 Å². The molecule has 1 atom stereocenters. The number of amides is 1. The van der Waals surface area contributed by atoms with Crippen molar-refractivity contribution in [3.8, 4) is 0 Å². The Morgan fingerprint density at radius 1 is 1.36 bits per heavy atom. The molecule has 1 aliphatic heterocycles. The van der Waals surface area contributed by atoms with Gasteiger partial charge in [0.15, 0.2) is 5.82 Å². The van der Waals surface area contributed by atoms with E-state index in [1.165, 1.54) is 0 Å². The monoisotopic (exact) mass is 194 g/mol. The van der Waals surface area contributed by atoms with E-state index >= 15 is 0 Å². The van der Waals surface area contributed by atoms with Gasteiger partial charge in [0.1, 0.15) is 17.6 Å². The summed E-state index contributed by atoms with van der Waals surface area (Å²) in [7, 11) is 0. The van der Waals surface area contributed by atoms with E-state index in [4.69, 9.17) is 0 Å². The molecular weight excluding hydrogens is 184 g/mol. The molecule has 0 saturated heterocycles. The Hall–Kier alpha value is -1.85. The molecule has 0 saturated carbocycles. The number of aromatic nitrogens is 2. The molecule has 74 valence electrons. The van der Waals surface area contributed by atoms with E-state index in [-0.39, 0.29) is 23.2 Å². The molecule has 6 nitrogen and oxygen atoms in total. The number of H-pyrrole nitrogens is 1. The maximum Gasteiger partial charge on any atom is 0.276 e. The second-order valence-electron chi connectivity index (χ2n) is 3.23. The summed E-state index contributed by atoms with van der Waals surface area (Å²) >= 11 is 0. The quantitative estimate of drug-likeness (QED) is 0.535. The van der Waals surface area contributed by atoms with Crippen LogP contribution in [0.3, 0.4) is 0 Å². The van der Waals surface area contributed by atoms with Gasteiger partial charge in [-0.1, -0.05) is 0 Å². The zero-order chi connectivity index (χ0) is 10.3. The van der Waals surface area contributed by atoms with Crippen molar-refractivity contribution in [2.75, 3.05) is 10.6 Å². The number of aromatic amines is 1. The summed E-state index contributed by atoms with van der Waals surface area (Å²) in [6, 6.07) is -0.365. The number of nitrogens with one attached hydrogen (secondary N) is 3. The Bertz CT molecular complexity index is 451. The number of fused-ring (bicyclic) bond motifs is 1. The third kappa shape index (κ3) is 1.24. The number of rotatable bonds is 0. The summed E-state index contributed by atoms with van der Waals surface area (Å²) in [5, 5.41) is 5.35. The van der Waals surface area contributed by atoms with Crippen LogP contribution in [-0.4, -0.2) is 21.9 Å². The summed E-state index contributed by atoms with van der Waals surface area (Å²) in [5.74, 6) is 0.719. The number of carbonyl (C=O) groups excluding carboxylic acids is 1. The van der Waals surface area contributed by atoms with E-state index < -0.39 is 0 Å². The molecule has 1 unspecified atom stereocenters. The van der Waals surface area contributed by atoms with Gasteiger partial charge in [-0.2, -0.15) is 0 Å². The Morgan fingerprint density at radius 2 is 2.07 bits per heavy atom. The van der Waals surface area contributed by atoms with E-state index in [1.807, 2.05) is 0 Å². The van der Waals surface area contributed by atoms with Crippen LogP contribution in [0, 0.1) is 6.92 Å². The lowest BCUT2D eigenvalue weighted by atomic mass is 10.2. The van der Waals surface area contributed by atoms with Gasteiger partial charge in [0.25, 0.3) is 5.56 Å². The lowest BCUT2D eigenvalue weighted by Crippen LogP contribution is -2.39. The van der Waals surface area contributed by atoms with E-state index in [1.54, 1.807) is 13.8 Å². The summed E-state index contributed by atoms with van der Waals surface area (Å²) < 4.78 is 0. The molecule has 3 N–H and O–H groups in total. The molecule has 1 aliphatic rings. The standard InChI is InChI=1S/C8H10N4O2/c1-3-7(13)12-5-6(9-3)10-4(2)11-8(5)14/h3H,1-2H3,(H,12,13)(H2,9,10,11,14). The highest BCUT2D eigenvalue weighted by atomic mass is 16.2. The van der Waals surface area contributed by atoms with Gasteiger partial charge in [0.05, 0.1) is 0 Å². The van der Waals surface area contributed by atoms with Crippen LogP contribution in [0.25, 0.3) is 0 Å². The summed E-state index contributed by atoms with van der Waals surface area (Å²) in [5.41, 5.74) is -0.140. The van der Waals surface area contributed by atoms with Crippen molar-refractivity contribution >= 4 is 17.4 Å². The maximum atomic E-state index is 11.4. The predicted octanol–water partition coefficient (Wildman–Crippen LogP) is -0.169. The summed E-state index contributed by atoms with van der Waals surface area (Å²) in [6.07, 6.45) is 0.